The Morgan fingerprint density at radius 1 is 1.24 bits per heavy atom. The van der Waals surface area contributed by atoms with Gasteiger partial charge < -0.3 is 9.72 Å². The topological polar surface area (TPSA) is 37.9 Å². The molecule has 0 aliphatic rings. The molecule has 3 nitrogen and oxygen atoms in total. The van der Waals surface area contributed by atoms with Crippen molar-refractivity contribution >= 4 is 24.0 Å². The summed E-state index contributed by atoms with van der Waals surface area (Å²) in [5.41, 5.74) is 1.76. The number of nitrogens with one attached hydrogen (secondary N) is 1. The molecule has 114 valence electrons. The number of aromatic amines is 1. The van der Waals surface area contributed by atoms with Gasteiger partial charge in [-0.15, -0.1) is 0 Å². The Bertz CT molecular complexity index is 593. The maximum Gasteiger partial charge on any atom is 0.138 e. The molecule has 1 N–H and O–H groups in total. The fourth-order valence-corrected chi connectivity index (χ4v) is 2.93. The molecule has 0 saturated carbocycles. The minimum absolute atomic E-state index is 0.251. The van der Waals surface area contributed by atoms with Crippen LogP contribution in [0.5, 0.6) is 0 Å². The van der Waals surface area contributed by atoms with Gasteiger partial charge in [0.2, 0.25) is 0 Å². The highest BCUT2D eigenvalue weighted by Crippen LogP contribution is 2.22. The first-order chi connectivity index (χ1) is 9.85. The summed E-state index contributed by atoms with van der Waals surface area (Å²) >= 11 is 3.43. The molecule has 1 heterocycles. The number of rotatable bonds is 6. The van der Waals surface area contributed by atoms with E-state index >= 15 is 0 Å². The van der Waals surface area contributed by atoms with E-state index < -0.39 is 8.07 Å². The first-order valence-corrected chi connectivity index (χ1v) is 11.4. The molecule has 0 saturated heterocycles. The smallest absolute Gasteiger partial charge is 0.138 e. The molecule has 0 aliphatic heterocycles. The predicted molar refractivity (Wildman–Crippen MR) is 89.5 cm³/mol. The van der Waals surface area contributed by atoms with Crippen LogP contribution in [0.1, 0.15) is 5.69 Å². The quantitative estimate of drug-likeness (QED) is 0.583. The summed E-state index contributed by atoms with van der Waals surface area (Å²) in [5, 5.41) is 0. The molecular formula is C15H20BrFN2OSi. The number of nitrogens with zero attached hydrogens (tertiary/aromatic N) is 1. The molecule has 0 unspecified atom stereocenters. The number of halogens is 2. The summed E-state index contributed by atoms with van der Waals surface area (Å²) in [6, 6.07) is 7.41. The molecule has 1 aromatic heterocycles. The molecule has 0 amide bonds. The lowest BCUT2D eigenvalue weighted by Gasteiger charge is -2.15. The van der Waals surface area contributed by atoms with Crippen LogP contribution in [-0.4, -0.2) is 24.6 Å². The van der Waals surface area contributed by atoms with E-state index in [1.165, 1.54) is 12.1 Å². The molecule has 0 radical (unpaired) electrons. The summed E-state index contributed by atoms with van der Waals surface area (Å²) in [5.74, 6) is 0.463. The van der Waals surface area contributed by atoms with Crippen molar-refractivity contribution in [3.05, 3.63) is 40.4 Å². The molecular weight excluding hydrogens is 351 g/mol. The number of hydrogen-bond donors (Lipinski definition) is 1. The van der Waals surface area contributed by atoms with Gasteiger partial charge in [-0.2, -0.15) is 0 Å². The van der Waals surface area contributed by atoms with Gasteiger partial charge in [0.1, 0.15) is 16.2 Å². The minimum atomic E-state index is -1.06. The SMILES string of the molecule is C[Si](C)(C)CCOCc1[nH]c(-c2ccc(F)cc2)nc1Br. The van der Waals surface area contributed by atoms with Crippen molar-refractivity contribution in [3.8, 4) is 11.4 Å². The number of H-pyrrole nitrogens is 1. The van der Waals surface area contributed by atoms with E-state index in [0.29, 0.717) is 12.4 Å². The van der Waals surface area contributed by atoms with Crippen LogP contribution < -0.4 is 0 Å². The lowest BCUT2D eigenvalue weighted by Crippen LogP contribution is -2.21. The molecule has 21 heavy (non-hydrogen) atoms. The lowest BCUT2D eigenvalue weighted by molar-refractivity contribution is 0.130. The maximum atomic E-state index is 12.9. The van der Waals surface area contributed by atoms with Gasteiger partial charge >= 0.3 is 0 Å². The number of aromatic nitrogens is 2. The van der Waals surface area contributed by atoms with Crippen LogP contribution in [0.3, 0.4) is 0 Å². The van der Waals surface area contributed by atoms with E-state index in [1.54, 1.807) is 12.1 Å². The van der Waals surface area contributed by atoms with Gasteiger partial charge in [-0.05, 0) is 46.2 Å². The van der Waals surface area contributed by atoms with Crippen LogP contribution in [0.15, 0.2) is 28.9 Å². The lowest BCUT2D eigenvalue weighted by atomic mass is 10.2. The molecule has 0 bridgehead atoms. The van der Waals surface area contributed by atoms with Crippen molar-refractivity contribution in [1.29, 1.82) is 0 Å². The molecule has 1 aromatic carbocycles. The maximum absolute atomic E-state index is 12.9. The monoisotopic (exact) mass is 370 g/mol. The molecule has 0 fully saturated rings. The Morgan fingerprint density at radius 2 is 1.90 bits per heavy atom. The fourth-order valence-electron chi connectivity index (χ4n) is 1.78. The molecule has 0 spiro atoms. The summed E-state index contributed by atoms with van der Waals surface area (Å²) in [6.07, 6.45) is 0. The predicted octanol–water partition coefficient (Wildman–Crippen LogP) is 4.83. The van der Waals surface area contributed by atoms with Crippen LogP contribution in [0.4, 0.5) is 4.39 Å². The summed E-state index contributed by atoms with van der Waals surface area (Å²) in [7, 11) is -1.06. The number of imidazole rings is 1. The van der Waals surface area contributed by atoms with E-state index in [9.17, 15) is 4.39 Å². The van der Waals surface area contributed by atoms with Crippen LogP contribution >= 0.6 is 15.9 Å². The van der Waals surface area contributed by atoms with Crippen molar-refractivity contribution in [3.63, 3.8) is 0 Å². The second-order valence-electron chi connectivity index (χ2n) is 6.22. The van der Waals surface area contributed by atoms with E-state index in [4.69, 9.17) is 4.74 Å². The Labute approximate surface area is 134 Å². The fraction of sp³-hybridized carbons (Fsp3) is 0.400. The van der Waals surface area contributed by atoms with Gasteiger partial charge in [-0.25, -0.2) is 9.37 Å². The third kappa shape index (κ3) is 5.05. The van der Waals surface area contributed by atoms with E-state index in [-0.39, 0.29) is 5.82 Å². The van der Waals surface area contributed by atoms with Gasteiger partial charge in [-0.1, -0.05) is 19.6 Å². The summed E-state index contributed by atoms with van der Waals surface area (Å²) in [4.78, 5) is 7.63. The van der Waals surface area contributed by atoms with Crippen molar-refractivity contribution in [2.75, 3.05) is 6.61 Å². The van der Waals surface area contributed by atoms with E-state index in [2.05, 4.69) is 45.5 Å². The number of benzene rings is 1. The van der Waals surface area contributed by atoms with E-state index in [0.717, 1.165) is 28.5 Å². The second-order valence-corrected chi connectivity index (χ2v) is 12.6. The highest BCUT2D eigenvalue weighted by Gasteiger charge is 2.13. The zero-order valence-corrected chi connectivity index (χ0v) is 15.1. The van der Waals surface area contributed by atoms with Crippen LogP contribution in [-0.2, 0) is 11.3 Å². The highest BCUT2D eigenvalue weighted by atomic mass is 79.9. The zero-order valence-electron chi connectivity index (χ0n) is 12.5. The third-order valence-corrected chi connectivity index (χ3v) is 5.45. The number of hydrogen-bond acceptors (Lipinski definition) is 2. The van der Waals surface area contributed by atoms with Gasteiger partial charge in [0.25, 0.3) is 0 Å². The van der Waals surface area contributed by atoms with Gasteiger partial charge in [0.15, 0.2) is 0 Å². The molecule has 6 heteroatoms. The largest absolute Gasteiger partial charge is 0.375 e. The molecule has 2 aromatic rings. The Morgan fingerprint density at radius 3 is 2.52 bits per heavy atom. The Balaban J connectivity index is 1.98. The summed E-state index contributed by atoms with van der Waals surface area (Å²) < 4.78 is 19.4. The van der Waals surface area contributed by atoms with Crippen LogP contribution in [0, 0.1) is 5.82 Å². The molecule has 0 atom stereocenters. The average molecular weight is 371 g/mol. The van der Waals surface area contributed by atoms with Crippen molar-refractivity contribution in [2.24, 2.45) is 0 Å². The van der Waals surface area contributed by atoms with Crippen molar-refractivity contribution in [2.45, 2.75) is 32.3 Å². The van der Waals surface area contributed by atoms with Crippen LogP contribution in [0.25, 0.3) is 11.4 Å². The molecule has 2 rings (SSSR count). The Hall–Kier alpha value is -0.983. The standard InChI is InChI=1S/C15H20BrFN2OSi/c1-21(2,3)9-8-20-10-13-14(16)19-15(18-13)11-4-6-12(17)7-5-11/h4-7H,8-10H2,1-3H3,(H,18,19). The van der Waals surface area contributed by atoms with Gasteiger partial charge in [0, 0.05) is 20.2 Å². The third-order valence-electron chi connectivity index (χ3n) is 3.09. The first-order valence-electron chi connectivity index (χ1n) is 6.93. The first kappa shape index (κ1) is 16.4. The van der Waals surface area contributed by atoms with Crippen molar-refractivity contribution < 1.29 is 9.13 Å². The second kappa shape index (κ2) is 6.85. The average Bonchev–Trinajstić information content (AvgIpc) is 2.76. The van der Waals surface area contributed by atoms with E-state index in [1.807, 2.05) is 0 Å². The molecule has 0 aliphatic carbocycles. The van der Waals surface area contributed by atoms with Gasteiger partial charge in [-0.3, -0.25) is 0 Å². The normalized spacial score (nSPS) is 11.9. The highest BCUT2D eigenvalue weighted by molar-refractivity contribution is 9.10. The number of ether oxygens (including phenoxy) is 1. The minimum Gasteiger partial charge on any atom is -0.375 e. The van der Waals surface area contributed by atoms with Gasteiger partial charge in [0.05, 0.1) is 12.3 Å². The van der Waals surface area contributed by atoms with Crippen molar-refractivity contribution in [1.82, 2.24) is 9.97 Å². The van der Waals surface area contributed by atoms with Crippen LogP contribution in [0.2, 0.25) is 25.7 Å². The summed E-state index contributed by atoms with van der Waals surface area (Å²) in [6.45, 7) is 8.26. The zero-order chi connectivity index (χ0) is 15.5. The Kier molecular flexibility index (Phi) is 5.35.